The second-order valence-corrected chi connectivity index (χ2v) is 8.54. The number of imidazole rings is 1. The van der Waals surface area contributed by atoms with Gasteiger partial charge in [0.2, 0.25) is 5.95 Å². The first-order valence-electron chi connectivity index (χ1n) is 11.3. The van der Waals surface area contributed by atoms with Crippen molar-refractivity contribution in [3.05, 3.63) is 86.6 Å². The SMILES string of the molecule is Cc1cccc(OC[C@@H](O)Cn2c(N[C@H](Cc3ccccc3)C(=O)O)nc3c2c(=O)[nH]c(=O)n3C)c1. The van der Waals surface area contributed by atoms with Crippen molar-refractivity contribution in [1.82, 2.24) is 19.1 Å². The summed E-state index contributed by atoms with van der Waals surface area (Å²) >= 11 is 0. The maximum Gasteiger partial charge on any atom is 0.329 e. The Balaban J connectivity index is 1.66. The number of rotatable bonds is 10. The predicted octanol–water partition coefficient (Wildman–Crippen LogP) is 1.28. The Labute approximate surface area is 205 Å². The Morgan fingerprint density at radius 2 is 1.92 bits per heavy atom. The average Bonchev–Trinajstić information content (AvgIpc) is 3.20. The number of ether oxygens (including phenoxy) is 1. The van der Waals surface area contributed by atoms with Crippen LogP contribution in [-0.2, 0) is 24.8 Å². The number of nitrogens with one attached hydrogen (secondary N) is 2. The third-order valence-electron chi connectivity index (χ3n) is 5.72. The van der Waals surface area contributed by atoms with Crippen LogP contribution in [0.3, 0.4) is 0 Å². The van der Waals surface area contributed by atoms with Crippen molar-refractivity contribution in [3.8, 4) is 5.75 Å². The van der Waals surface area contributed by atoms with Crippen molar-refractivity contribution in [3.63, 3.8) is 0 Å². The van der Waals surface area contributed by atoms with Crippen molar-refractivity contribution in [2.24, 2.45) is 7.05 Å². The number of aromatic nitrogens is 4. The van der Waals surface area contributed by atoms with E-state index in [-0.39, 0.29) is 36.7 Å². The molecule has 0 aliphatic carbocycles. The van der Waals surface area contributed by atoms with Crippen LogP contribution in [0.2, 0.25) is 0 Å². The Hall–Kier alpha value is -4.38. The summed E-state index contributed by atoms with van der Waals surface area (Å²) in [5.74, 6) is -0.504. The molecule has 0 spiro atoms. The third kappa shape index (κ3) is 5.47. The van der Waals surface area contributed by atoms with Crippen LogP contribution in [0.25, 0.3) is 11.2 Å². The lowest BCUT2D eigenvalue weighted by Crippen LogP contribution is -2.34. The van der Waals surface area contributed by atoms with Gasteiger partial charge >= 0.3 is 11.7 Å². The lowest BCUT2D eigenvalue weighted by Gasteiger charge is -2.19. The number of carbonyl (C=O) groups is 1. The fourth-order valence-corrected chi connectivity index (χ4v) is 3.89. The molecule has 0 fully saturated rings. The van der Waals surface area contributed by atoms with Gasteiger partial charge in [-0.3, -0.25) is 14.3 Å². The number of benzene rings is 2. The molecule has 0 unspecified atom stereocenters. The molecule has 188 valence electrons. The molecule has 0 amide bonds. The molecule has 2 heterocycles. The normalized spacial score (nSPS) is 12.9. The van der Waals surface area contributed by atoms with Gasteiger partial charge in [-0.05, 0) is 30.2 Å². The predicted molar refractivity (Wildman–Crippen MR) is 133 cm³/mol. The van der Waals surface area contributed by atoms with E-state index in [0.29, 0.717) is 5.75 Å². The smallest absolute Gasteiger partial charge is 0.329 e. The molecule has 4 aromatic rings. The summed E-state index contributed by atoms with van der Waals surface area (Å²) in [6.07, 6.45) is -0.925. The monoisotopic (exact) mass is 493 g/mol. The van der Waals surface area contributed by atoms with Crippen LogP contribution in [-0.4, -0.2) is 54.0 Å². The van der Waals surface area contributed by atoms with E-state index in [1.54, 1.807) is 18.2 Å². The fraction of sp³-hybridized carbons (Fsp3) is 0.280. The molecule has 0 aliphatic heterocycles. The summed E-state index contributed by atoms with van der Waals surface area (Å²) in [6.45, 7) is 1.70. The number of carboxylic acid groups (broad SMARTS) is 1. The zero-order chi connectivity index (χ0) is 25.8. The molecular formula is C25H27N5O6. The van der Waals surface area contributed by atoms with Gasteiger partial charge in [-0.15, -0.1) is 0 Å². The molecule has 0 aliphatic rings. The summed E-state index contributed by atoms with van der Waals surface area (Å²) < 4.78 is 8.21. The number of hydrogen-bond donors (Lipinski definition) is 4. The molecule has 11 nitrogen and oxygen atoms in total. The number of aliphatic carboxylic acids is 1. The topological polar surface area (TPSA) is 151 Å². The summed E-state index contributed by atoms with van der Waals surface area (Å²) in [5, 5.41) is 23.4. The van der Waals surface area contributed by atoms with Crippen molar-refractivity contribution < 1.29 is 19.7 Å². The number of fused-ring (bicyclic) bond motifs is 1. The van der Waals surface area contributed by atoms with Crippen LogP contribution in [0.15, 0.2) is 64.2 Å². The largest absolute Gasteiger partial charge is 0.491 e. The van der Waals surface area contributed by atoms with Crippen molar-refractivity contribution in [1.29, 1.82) is 0 Å². The van der Waals surface area contributed by atoms with Crippen LogP contribution >= 0.6 is 0 Å². The molecular weight excluding hydrogens is 466 g/mol. The van der Waals surface area contributed by atoms with Gasteiger partial charge in [-0.2, -0.15) is 4.98 Å². The van der Waals surface area contributed by atoms with Crippen LogP contribution in [0.1, 0.15) is 11.1 Å². The second kappa shape index (κ2) is 10.5. The number of aliphatic hydroxyl groups is 1. The van der Waals surface area contributed by atoms with Gasteiger partial charge in [-0.25, -0.2) is 9.59 Å². The molecule has 36 heavy (non-hydrogen) atoms. The molecule has 4 rings (SSSR count). The number of H-pyrrole nitrogens is 1. The fourth-order valence-electron chi connectivity index (χ4n) is 3.89. The van der Waals surface area contributed by atoms with E-state index in [0.717, 1.165) is 15.7 Å². The molecule has 0 saturated heterocycles. The van der Waals surface area contributed by atoms with Gasteiger partial charge in [0.25, 0.3) is 5.56 Å². The highest BCUT2D eigenvalue weighted by Gasteiger charge is 2.25. The maximum absolute atomic E-state index is 12.7. The Bertz CT molecular complexity index is 1490. The highest BCUT2D eigenvalue weighted by molar-refractivity contribution is 5.79. The van der Waals surface area contributed by atoms with E-state index >= 15 is 0 Å². The first kappa shape index (κ1) is 24.7. The van der Waals surface area contributed by atoms with E-state index < -0.39 is 29.4 Å². The summed E-state index contributed by atoms with van der Waals surface area (Å²) in [6, 6.07) is 15.3. The molecule has 2 aromatic heterocycles. The first-order valence-corrected chi connectivity index (χ1v) is 11.3. The zero-order valence-electron chi connectivity index (χ0n) is 19.8. The lowest BCUT2D eigenvalue weighted by atomic mass is 10.1. The van der Waals surface area contributed by atoms with Crippen molar-refractivity contribution in [2.75, 3.05) is 11.9 Å². The highest BCUT2D eigenvalue weighted by atomic mass is 16.5. The number of hydrogen-bond acceptors (Lipinski definition) is 7. The highest BCUT2D eigenvalue weighted by Crippen LogP contribution is 2.19. The van der Waals surface area contributed by atoms with Gasteiger partial charge < -0.3 is 24.8 Å². The van der Waals surface area contributed by atoms with Crippen LogP contribution in [0.5, 0.6) is 5.75 Å². The minimum atomic E-state index is -1.12. The number of aromatic amines is 1. The zero-order valence-corrected chi connectivity index (χ0v) is 19.8. The standard InChI is InChI=1S/C25H27N5O6/c1-15-7-6-10-18(11-15)36-14-17(31)13-30-20-21(29(2)25(35)28-22(20)32)27-24(30)26-19(23(33)34)12-16-8-4-3-5-9-16/h3-11,17,19,31H,12-14H2,1-2H3,(H,26,27)(H,33,34)(H,28,32,35)/t17-,19+/m0/s1. The molecule has 4 N–H and O–H groups in total. The Kier molecular flexibility index (Phi) is 7.20. The van der Waals surface area contributed by atoms with Gasteiger partial charge in [-0.1, -0.05) is 42.5 Å². The van der Waals surface area contributed by atoms with Gasteiger partial charge in [0.05, 0.1) is 6.54 Å². The minimum absolute atomic E-state index is 0.0260. The minimum Gasteiger partial charge on any atom is -0.491 e. The summed E-state index contributed by atoms with van der Waals surface area (Å²) in [5.41, 5.74) is 0.512. The van der Waals surface area contributed by atoms with Gasteiger partial charge in [0.1, 0.15) is 24.5 Å². The second-order valence-electron chi connectivity index (χ2n) is 8.54. The van der Waals surface area contributed by atoms with Gasteiger partial charge in [0.15, 0.2) is 11.2 Å². The van der Waals surface area contributed by atoms with Crippen LogP contribution in [0.4, 0.5) is 5.95 Å². The van der Waals surface area contributed by atoms with Crippen LogP contribution in [0, 0.1) is 6.92 Å². The van der Waals surface area contributed by atoms with E-state index in [2.05, 4.69) is 15.3 Å². The molecule has 2 aromatic carbocycles. The number of nitrogens with zero attached hydrogens (tertiary/aromatic N) is 3. The molecule has 11 heteroatoms. The third-order valence-corrected chi connectivity index (χ3v) is 5.72. The summed E-state index contributed by atoms with van der Waals surface area (Å²) in [7, 11) is 1.44. The van der Waals surface area contributed by atoms with Crippen molar-refractivity contribution >= 4 is 23.1 Å². The quantitative estimate of drug-likeness (QED) is 0.258. The number of anilines is 1. The Morgan fingerprint density at radius 1 is 1.17 bits per heavy atom. The molecule has 2 atom stereocenters. The first-order chi connectivity index (χ1) is 17.2. The number of aryl methyl sites for hydroxylation is 2. The number of aliphatic hydroxyl groups excluding tert-OH is 1. The average molecular weight is 494 g/mol. The van der Waals surface area contributed by atoms with E-state index in [9.17, 15) is 24.6 Å². The Morgan fingerprint density at radius 3 is 2.61 bits per heavy atom. The molecule has 0 radical (unpaired) electrons. The van der Waals surface area contributed by atoms with E-state index in [4.69, 9.17) is 4.74 Å². The molecule has 0 bridgehead atoms. The number of carboxylic acids is 1. The van der Waals surface area contributed by atoms with Crippen LogP contribution < -0.4 is 21.3 Å². The van der Waals surface area contributed by atoms with E-state index in [1.807, 2.05) is 43.3 Å². The maximum atomic E-state index is 12.7. The molecule has 0 saturated carbocycles. The lowest BCUT2D eigenvalue weighted by molar-refractivity contribution is -0.137. The van der Waals surface area contributed by atoms with Gasteiger partial charge in [0, 0.05) is 13.5 Å². The van der Waals surface area contributed by atoms with E-state index in [1.165, 1.54) is 11.6 Å². The summed E-state index contributed by atoms with van der Waals surface area (Å²) in [4.78, 5) is 43.5. The van der Waals surface area contributed by atoms with Crippen molar-refractivity contribution in [2.45, 2.75) is 32.0 Å².